The van der Waals surface area contributed by atoms with Gasteiger partial charge in [-0.05, 0) is 73.8 Å². The molecule has 1 fully saturated rings. The largest absolute Gasteiger partial charge is 0.323 e. The molecule has 0 unspecified atom stereocenters. The van der Waals surface area contributed by atoms with Crippen molar-refractivity contribution in [3.05, 3.63) is 102 Å². The molecule has 2 aromatic carbocycles. The molecular weight excluding hydrogens is 425 g/mol. The van der Waals surface area contributed by atoms with Gasteiger partial charge in [-0.3, -0.25) is 4.90 Å². The Bertz CT molecular complexity index is 1380. The third-order valence-corrected chi connectivity index (χ3v) is 6.97. The highest BCUT2D eigenvalue weighted by molar-refractivity contribution is 5.76. The number of hydrogen-bond donors (Lipinski definition) is 0. The lowest BCUT2D eigenvalue weighted by Gasteiger charge is -2.31. The van der Waals surface area contributed by atoms with Crippen LogP contribution in [0.4, 0.5) is 4.39 Å². The van der Waals surface area contributed by atoms with Gasteiger partial charge in [0.05, 0.1) is 16.7 Å². The van der Waals surface area contributed by atoms with Gasteiger partial charge in [0.25, 0.3) is 0 Å². The molecule has 4 heterocycles. The predicted octanol–water partition coefficient (Wildman–Crippen LogP) is 5.33. The molecule has 0 saturated carbocycles. The monoisotopic (exact) mass is 453 g/mol. The Balaban J connectivity index is 1.14. The van der Waals surface area contributed by atoms with Crippen molar-refractivity contribution < 1.29 is 4.39 Å². The minimum Gasteiger partial charge on any atom is -0.323 e. The van der Waals surface area contributed by atoms with Gasteiger partial charge in [0.1, 0.15) is 17.3 Å². The summed E-state index contributed by atoms with van der Waals surface area (Å²) in [5.41, 5.74) is 5.40. The number of imidazole rings is 2. The van der Waals surface area contributed by atoms with Crippen LogP contribution in [0.1, 0.15) is 29.9 Å². The maximum absolute atomic E-state index is 13.4. The molecule has 1 aliphatic rings. The molecule has 6 rings (SSSR count). The zero-order valence-electron chi connectivity index (χ0n) is 19.1. The quantitative estimate of drug-likeness (QED) is 0.349. The SMILES string of the molecule is Fc1ccc(Cn2c(CC3CCN(Cc4cn5ccccc5n4)CC3)nc3ccccc32)cc1. The van der Waals surface area contributed by atoms with Gasteiger partial charge in [0.15, 0.2) is 0 Å². The van der Waals surface area contributed by atoms with Crippen LogP contribution in [0.25, 0.3) is 16.7 Å². The molecule has 0 atom stereocenters. The van der Waals surface area contributed by atoms with Crippen molar-refractivity contribution in [1.29, 1.82) is 0 Å². The minimum absolute atomic E-state index is 0.199. The summed E-state index contributed by atoms with van der Waals surface area (Å²) in [7, 11) is 0. The van der Waals surface area contributed by atoms with E-state index in [0.717, 1.165) is 72.7 Å². The summed E-state index contributed by atoms with van der Waals surface area (Å²) in [6, 6.07) is 21.2. The number of fused-ring (bicyclic) bond motifs is 2. The lowest BCUT2D eigenvalue weighted by molar-refractivity contribution is 0.174. The van der Waals surface area contributed by atoms with E-state index in [2.05, 4.69) is 44.5 Å². The first-order valence-corrected chi connectivity index (χ1v) is 12.0. The molecule has 1 aliphatic heterocycles. The van der Waals surface area contributed by atoms with Gasteiger partial charge in [-0.25, -0.2) is 14.4 Å². The van der Waals surface area contributed by atoms with Crippen molar-refractivity contribution in [1.82, 2.24) is 23.8 Å². The van der Waals surface area contributed by atoms with Crippen LogP contribution in [0.2, 0.25) is 0 Å². The van der Waals surface area contributed by atoms with Gasteiger partial charge in [-0.1, -0.05) is 30.3 Å². The number of benzene rings is 2. The van der Waals surface area contributed by atoms with Gasteiger partial charge >= 0.3 is 0 Å². The standard InChI is InChI=1S/C28H28FN5/c29-23-10-8-22(9-11-23)18-34-26-6-2-1-5-25(26)31-28(34)17-21-12-15-32(16-13-21)19-24-20-33-14-4-3-7-27(33)30-24/h1-11,14,20-21H,12-13,15-19H2. The van der Waals surface area contributed by atoms with Crippen molar-refractivity contribution in [2.45, 2.75) is 32.4 Å². The van der Waals surface area contributed by atoms with E-state index in [1.807, 2.05) is 36.4 Å². The van der Waals surface area contributed by atoms with Crippen molar-refractivity contribution in [3.63, 3.8) is 0 Å². The Morgan fingerprint density at radius 2 is 1.65 bits per heavy atom. The zero-order valence-corrected chi connectivity index (χ0v) is 19.1. The third kappa shape index (κ3) is 4.33. The molecule has 3 aromatic heterocycles. The first kappa shape index (κ1) is 21.1. The summed E-state index contributed by atoms with van der Waals surface area (Å²) >= 11 is 0. The molecule has 0 amide bonds. The Hall–Kier alpha value is -3.51. The zero-order chi connectivity index (χ0) is 22.9. The van der Waals surface area contributed by atoms with Gasteiger partial charge in [-0.2, -0.15) is 0 Å². The van der Waals surface area contributed by atoms with Gasteiger partial charge < -0.3 is 8.97 Å². The average molecular weight is 454 g/mol. The van der Waals surface area contributed by atoms with E-state index in [4.69, 9.17) is 9.97 Å². The summed E-state index contributed by atoms with van der Waals surface area (Å²) in [4.78, 5) is 12.3. The van der Waals surface area contributed by atoms with Crippen LogP contribution in [-0.2, 0) is 19.5 Å². The van der Waals surface area contributed by atoms with Gasteiger partial charge in [0, 0.05) is 31.9 Å². The lowest BCUT2D eigenvalue weighted by atomic mass is 9.93. The van der Waals surface area contributed by atoms with E-state index in [-0.39, 0.29) is 5.82 Å². The van der Waals surface area contributed by atoms with Gasteiger partial charge in [0.2, 0.25) is 0 Å². The number of piperidine rings is 1. The van der Waals surface area contributed by atoms with Crippen LogP contribution >= 0.6 is 0 Å². The normalized spacial score (nSPS) is 15.4. The Labute approximate surface area is 198 Å². The number of rotatable bonds is 6. The molecule has 0 bridgehead atoms. The highest BCUT2D eigenvalue weighted by atomic mass is 19.1. The minimum atomic E-state index is -0.199. The van der Waals surface area contributed by atoms with Crippen LogP contribution in [0, 0.1) is 11.7 Å². The fraction of sp³-hybridized carbons (Fsp3) is 0.286. The Morgan fingerprint density at radius 3 is 2.47 bits per heavy atom. The van der Waals surface area contributed by atoms with E-state index in [1.54, 1.807) is 0 Å². The molecule has 0 aliphatic carbocycles. The maximum atomic E-state index is 13.4. The maximum Gasteiger partial charge on any atom is 0.137 e. The molecular formula is C28H28FN5. The van der Waals surface area contributed by atoms with Crippen LogP contribution in [0.3, 0.4) is 0 Å². The summed E-state index contributed by atoms with van der Waals surface area (Å²) < 4.78 is 17.8. The predicted molar refractivity (Wildman–Crippen MR) is 132 cm³/mol. The molecule has 0 N–H and O–H groups in total. The van der Waals surface area contributed by atoms with E-state index in [9.17, 15) is 4.39 Å². The Kier molecular flexibility index (Phi) is 5.59. The smallest absolute Gasteiger partial charge is 0.137 e. The van der Waals surface area contributed by atoms with Crippen LogP contribution in [0.5, 0.6) is 0 Å². The Morgan fingerprint density at radius 1 is 0.853 bits per heavy atom. The molecule has 0 spiro atoms. The summed E-state index contributed by atoms with van der Waals surface area (Å²) in [6.45, 7) is 3.77. The molecule has 1 saturated heterocycles. The summed E-state index contributed by atoms with van der Waals surface area (Å²) in [6.07, 6.45) is 7.48. The molecule has 5 nitrogen and oxygen atoms in total. The van der Waals surface area contributed by atoms with Crippen molar-refractivity contribution in [3.8, 4) is 0 Å². The van der Waals surface area contributed by atoms with E-state index < -0.39 is 0 Å². The number of aromatic nitrogens is 4. The topological polar surface area (TPSA) is 38.4 Å². The lowest BCUT2D eigenvalue weighted by Crippen LogP contribution is -2.34. The van der Waals surface area contributed by atoms with E-state index in [0.29, 0.717) is 12.5 Å². The van der Waals surface area contributed by atoms with Crippen molar-refractivity contribution >= 4 is 16.7 Å². The second-order valence-electron chi connectivity index (χ2n) is 9.35. The number of para-hydroxylation sites is 2. The second kappa shape index (κ2) is 9.03. The molecule has 5 aromatic rings. The highest BCUT2D eigenvalue weighted by Gasteiger charge is 2.23. The number of likely N-dealkylation sites (tertiary alicyclic amines) is 1. The summed E-state index contributed by atoms with van der Waals surface area (Å²) in [5, 5.41) is 0. The average Bonchev–Trinajstić information content (AvgIpc) is 3.42. The molecule has 34 heavy (non-hydrogen) atoms. The summed E-state index contributed by atoms with van der Waals surface area (Å²) in [5.74, 6) is 1.54. The fourth-order valence-corrected chi connectivity index (χ4v) is 5.13. The van der Waals surface area contributed by atoms with Crippen LogP contribution in [0.15, 0.2) is 79.1 Å². The van der Waals surface area contributed by atoms with E-state index in [1.165, 1.54) is 12.1 Å². The van der Waals surface area contributed by atoms with Crippen molar-refractivity contribution in [2.75, 3.05) is 13.1 Å². The first-order valence-electron chi connectivity index (χ1n) is 12.0. The number of pyridine rings is 1. The van der Waals surface area contributed by atoms with Crippen LogP contribution < -0.4 is 0 Å². The van der Waals surface area contributed by atoms with Gasteiger partial charge in [-0.15, -0.1) is 0 Å². The molecule has 6 heteroatoms. The van der Waals surface area contributed by atoms with E-state index >= 15 is 0 Å². The number of nitrogens with zero attached hydrogens (tertiary/aromatic N) is 5. The molecule has 0 radical (unpaired) electrons. The second-order valence-corrected chi connectivity index (χ2v) is 9.35. The third-order valence-electron chi connectivity index (χ3n) is 6.97. The number of halogens is 1. The molecule has 172 valence electrons. The first-order chi connectivity index (χ1) is 16.7. The van der Waals surface area contributed by atoms with Crippen molar-refractivity contribution in [2.24, 2.45) is 5.92 Å². The highest BCUT2D eigenvalue weighted by Crippen LogP contribution is 2.26. The number of hydrogen-bond acceptors (Lipinski definition) is 3. The fourth-order valence-electron chi connectivity index (χ4n) is 5.13. The van der Waals surface area contributed by atoms with Crippen LogP contribution in [-0.4, -0.2) is 36.9 Å².